The predicted molar refractivity (Wildman–Crippen MR) is 92.6 cm³/mol. The Labute approximate surface area is 152 Å². The molecule has 0 aromatic rings. The largest absolute Gasteiger partial charge is 0.490 e. The number of allylic oxidation sites excluding steroid dienone is 1. The summed E-state index contributed by atoms with van der Waals surface area (Å²) in [4.78, 5) is 20.4. The third-order valence-corrected chi connectivity index (χ3v) is 4.93. The van der Waals surface area contributed by atoms with E-state index >= 15 is 0 Å². The minimum Gasteiger partial charge on any atom is -0.481 e. The van der Waals surface area contributed by atoms with Gasteiger partial charge in [0.2, 0.25) is 0 Å². The molecule has 0 aliphatic heterocycles. The van der Waals surface area contributed by atoms with Gasteiger partial charge in [-0.1, -0.05) is 31.8 Å². The summed E-state index contributed by atoms with van der Waals surface area (Å²) in [6.45, 7) is 5.65. The first kappa shape index (κ1) is 24.4. The van der Waals surface area contributed by atoms with Crippen LogP contribution >= 0.6 is 0 Å². The average molecular weight is 381 g/mol. The molecule has 0 aromatic heterocycles. The van der Waals surface area contributed by atoms with Crippen LogP contribution in [0.25, 0.3) is 0 Å². The van der Waals surface area contributed by atoms with Crippen molar-refractivity contribution in [1.82, 2.24) is 0 Å². The van der Waals surface area contributed by atoms with Gasteiger partial charge in [-0.2, -0.15) is 13.2 Å². The van der Waals surface area contributed by atoms with E-state index in [1.165, 1.54) is 19.3 Å². The molecule has 0 heterocycles. The first-order chi connectivity index (χ1) is 11.9. The molecule has 8 heteroatoms. The maximum atomic E-state index is 11.6. The van der Waals surface area contributed by atoms with E-state index in [-0.39, 0.29) is 0 Å². The van der Waals surface area contributed by atoms with E-state index in [1.54, 1.807) is 0 Å². The highest BCUT2D eigenvalue weighted by Crippen LogP contribution is 2.37. The quantitative estimate of drug-likeness (QED) is 0.428. The molecule has 1 aliphatic rings. The minimum absolute atomic E-state index is 0.363. The monoisotopic (exact) mass is 381 g/mol. The maximum absolute atomic E-state index is 11.6. The highest BCUT2D eigenvalue weighted by Gasteiger charge is 2.41. The number of unbranched alkanes of at least 4 members (excludes halogenated alkanes) is 2. The fourth-order valence-corrected chi connectivity index (χ4v) is 3.35. The first-order valence-corrected chi connectivity index (χ1v) is 8.87. The highest BCUT2D eigenvalue weighted by molar-refractivity contribution is 5.73. The van der Waals surface area contributed by atoms with E-state index < -0.39 is 29.6 Å². The summed E-state index contributed by atoms with van der Waals surface area (Å²) >= 11 is 0. The lowest BCUT2D eigenvalue weighted by molar-refractivity contribution is -0.192. The number of nitrogens with two attached hydrogens (primary N) is 1. The van der Waals surface area contributed by atoms with E-state index in [4.69, 9.17) is 15.6 Å². The molecule has 2 unspecified atom stereocenters. The molecule has 2 atom stereocenters. The van der Waals surface area contributed by atoms with E-state index in [0.29, 0.717) is 12.3 Å². The van der Waals surface area contributed by atoms with Gasteiger partial charge in [-0.15, -0.1) is 6.58 Å². The lowest BCUT2D eigenvalue weighted by Crippen LogP contribution is -2.54. The van der Waals surface area contributed by atoms with E-state index in [0.717, 1.165) is 32.1 Å². The van der Waals surface area contributed by atoms with Crippen LogP contribution in [0.4, 0.5) is 13.2 Å². The molecule has 152 valence electrons. The van der Waals surface area contributed by atoms with E-state index in [2.05, 4.69) is 6.58 Å². The molecule has 0 saturated heterocycles. The summed E-state index contributed by atoms with van der Waals surface area (Å²) in [6, 6.07) is 0. The molecule has 1 aliphatic carbocycles. The Balaban J connectivity index is 0.000000758. The van der Waals surface area contributed by atoms with Crippen molar-refractivity contribution in [2.45, 2.75) is 76.4 Å². The van der Waals surface area contributed by atoms with Crippen molar-refractivity contribution in [3.8, 4) is 0 Å². The van der Waals surface area contributed by atoms with Crippen LogP contribution in [0.3, 0.4) is 0 Å². The molecule has 0 radical (unpaired) electrons. The number of aliphatic carboxylic acids is 2. The molecule has 5 nitrogen and oxygen atoms in total. The first-order valence-electron chi connectivity index (χ1n) is 8.87. The summed E-state index contributed by atoms with van der Waals surface area (Å²) in [5.74, 6) is -3.54. The van der Waals surface area contributed by atoms with Crippen molar-refractivity contribution in [2.75, 3.05) is 0 Å². The fourth-order valence-electron chi connectivity index (χ4n) is 3.35. The van der Waals surface area contributed by atoms with Gasteiger partial charge in [-0.3, -0.25) is 4.79 Å². The molecule has 1 saturated carbocycles. The molecule has 26 heavy (non-hydrogen) atoms. The van der Waals surface area contributed by atoms with Gasteiger partial charge in [-0.25, -0.2) is 4.79 Å². The second kappa shape index (κ2) is 11.2. The molecular weight excluding hydrogens is 351 g/mol. The van der Waals surface area contributed by atoms with Gasteiger partial charge in [-0.05, 0) is 44.9 Å². The van der Waals surface area contributed by atoms with Crippen LogP contribution < -0.4 is 5.73 Å². The number of hydrogen-bond donors (Lipinski definition) is 3. The Hall–Kier alpha value is -1.57. The molecule has 0 amide bonds. The molecule has 1 fully saturated rings. The standard InChI is InChI=1S/C16H29NO2.C2HF3O2/c1-3-4-5-9-12-14(15(18)19)16(2,17)13-10-7-6-8-11-13;3-2(4,5)1(6)7/h3,13-14H,1,4-12,17H2,2H3,(H,18,19);(H,6,7). The van der Waals surface area contributed by atoms with Crippen molar-refractivity contribution < 1.29 is 33.0 Å². The Morgan fingerprint density at radius 1 is 1.19 bits per heavy atom. The lowest BCUT2D eigenvalue weighted by Gasteiger charge is -2.41. The molecule has 0 spiro atoms. The van der Waals surface area contributed by atoms with Gasteiger partial charge in [0.15, 0.2) is 0 Å². The van der Waals surface area contributed by atoms with Crippen LogP contribution in [0, 0.1) is 11.8 Å². The highest BCUT2D eigenvalue weighted by atomic mass is 19.4. The Morgan fingerprint density at radius 3 is 2.08 bits per heavy atom. The Morgan fingerprint density at radius 2 is 1.69 bits per heavy atom. The second-order valence-electron chi connectivity index (χ2n) is 6.97. The van der Waals surface area contributed by atoms with E-state index in [9.17, 15) is 23.1 Å². The Kier molecular flexibility index (Phi) is 10.5. The summed E-state index contributed by atoms with van der Waals surface area (Å²) in [7, 11) is 0. The zero-order chi connectivity index (χ0) is 20.4. The smallest absolute Gasteiger partial charge is 0.481 e. The predicted octanol–water partition coefficient (Wildman–Crippen LogP) is 4.36. The van der Waals surface area contributed by atoms with Crippen molar-refractivity contribution >= 4 is 11.9 Å². The van der Waals surface area contributed by atoms with Crippen LogP contribution in [0.1, 0.15) is 64.7 Å². The summed E-state index contributed by atoms with van der Waals surface area (Å²) in [6.07, 6.45) is 6.20. The van der Waals surface area contributed by atoms with Crippen LogP contribution in [-0.4, -0.2) is 33.9 Å². The lowest BCUT2D eigenvalue weighted by atomic mass is 9.68. The second-order valence-corrected chi connectivity index (χ2v) is 6.97. The number of carboxylic acid groups (broad SMARTS) is 2. The topological polar surface area (TPSA) is 101 Å². The third kappa shape index (κ3) is 8.69. The number of halogens is 3. The summed E-state index contributed by atoms with van der Waals surface area (Å²) in [5, 5.41) is 16.6. The maximum Gasteiger partial charge on any atom is 0.490 e. The number of carboxylic acids is 2. The number of alkyl halides is 3. The SMILES string of the molecule is C=CCCCCC(C(=O)O)C(C)(N)C1CCCCC1.O=C(O)C(F)(F)F. The van der Waals surface area contributed by atoms with Crippen molar-refractivity contribution in [1.29, 1.82) is 0 Å². The van der Waals surface area contributed by atoms with Crippen LogP contribution in [0.2, 0.25) is 0 Å². The average Bonchev–Trinajstić information content (AvgIpc) is 2.54. The number of carbonyl (C=O) groups is 2. The number of rotatable bonds is 8. The fraction of sp³-hybridized carbons (Fsp3) is 0.778. The third-order valence-electron chi connectivity index (χ3n) is 4.93. The van der Waals surface area contributed by atoms with Crippen LogP contribution in [-0.2, 0) is 9.59 Å². The van der Waals surface area contributed by atoms with Crippen LogP contribution in [0.15, 0.2) is 12.7 Å². The molecule has 1 rings (SSSR count). The summed E-state index contributed by atoms with van der Waals surface area (Å²) in [5.41, 5.74) is 5.88. The summed E-state index contributed by atoms with van der Waals surface area (Å²) < 4.78 is 31.7. The van der Waals surface area contributed by atoms with Gasteiger partial charge in [0.25, 0.3) is 0 Å². The van der Waals surface area contributed by atoms with Gasteiger partial charge in [0.1, 0.15) is 0 Å². The molecular formula is C18H30F3NO4. The van der Waals surface area contributed by atoms with Gasteiger partial charge in [0.05, 0.1) is 5.92 Å². The van der Waals surface area contributed by atoms with Gasteiger partial charge in [0, 0.05) is 5.54 Å². The Bertz CT molecular complexity index is 458. The minimum atomic E-state index is -5.08. The zero-order valence-corrected chi connectivity index (χ0v) is 15.2. The van der Waals surface area contributed by atoms with Crippen molar-refractivity contribution in [3.05, 3.63) is 12.7 Å². The van der Waals surface area contributed by atoms with Crippen molar-refractivity contribution in [3.63, 3.8) is 0 Å². The zero-order valence-electron chi connectivity index (χ0n) is 15.2. The number of hydrogen-bond acceptors (Lipinski definition) is 3. The molecule has 4 N–H and O–H groups in total. The normalized spacial score (nSPS) is 18.8. The molecule has 0 bridgehead atoms. The molecule has 0 aromatic carbocycles. The van der Waals surface area contributed by atoms with Gasteiger partial charge >= 0.3 is 18.1 Å². The van der Waals surface area contributed by atoms with E-state index in [1.807, 2.05) is 13.0 Å². The van der Waals surface area contributed by atoms with Gasteiger partial charge < -0.3 is 15.9 Å². The van der Waals surface area contributed by atoms with Crippen LogP contribution in [0.5, 0.6) is 0 Å². The van der Waals surface area contributed by atoms with Crippen molar-refractivity contribution in [2.24, 2.45) is 17.6 Å².